The van der Waals surface area contributed by atoms with Crippen LogP contribution >= 0.6 is 23.5 Å². The highest BCUT2D eigenvalue weighted by Crippen LogP contribution is 2.30. The summed E-state index contributed by atoms with van der Waals surface area (Å²) in [5.41, 5.74) is 8.03. The van der Waals surface area contributed by atoms with Gasteiger partial charge in [0.2, 0.25) is 0 Å². The maximum atomic E-state index is 11.7. The molecular formula is C41H58O4S2Si. The Morgan fingerprint density at radius 2 is 1.04 bits per heavy atom. The predicted octanol–water partition coefficient (Wildman–Crippen LogP) is 11.4. The van der Waals surface area contributed by atoms with E-state index in [1.54, 1.807) is 13.8 Å². The SMILES string of the molecule is CCCCCCCCOc1cc(C#C[Si](C)(C)C)c(OCCCCCCCC)cc1C#Cc1cc(CSC(C)=O)cc(CSC(C)=O)c1. The summed E-state index contributed by atoms with van der Waals surface area (Å²) in [6.07, 6.45) is 14.4. The van der Waals surface area contributed by atoms with Crippen LogP contribution in [0.4, 0.5) is 0 Å². The summed E-state index contributed by atoms with van der Waals surface area (Å²) in [5, 5.41) is 0.146. The second kappa shape index (κ2) is 23.7. The number of hydrogen-bond acceptors (Lipinski definition) is 6. The van der Waals surface area contributed by atoms with Crippen LogP contribution in [0, 0.1) is 23.3 Å². The molecule has 48 heavy (non-hydrogen) atoms. The Morgan fingerprint density at radius 3 is 1.48 bits per heavy atom. The van der Waals surface area contributed by atoms with Crippen LogP contribution in [-0.4, -0.2) is 31.5 Å². The lowest BCUT2D eigenvalue weighted by Gasteiger charge is -2.14. The van der Waals surface area contributed by atoms with E-state index in [1.165, 1.54) is 74.9 Å². The maximum absolute atomic E-state index is 11.7. The van der Waals surface area contributed by atoms with E-state index in [9.17, 15) is 9.59 Å². The average molecular weight is 707 g/mol. The zero-order chi connectivity index (χ0) is 35.2. The van der Waals surface area contributed by atoms with Gasteiger partial charge in [0.25, 0.3) is 0 Å². The van der Waals surface area contributed by atoms with Crippen molar-refractivity contribution in [3.63, 3.8) is 0 Å². The highest BCUT2D eigenvalue weighted by atomic mass is 32.2. The van der Waals surface area contributed by atoms with Gasteiger partial charge < -0.3 is 9.47 Å². The minimum atomic E-state index is -1.63. The molecule has 0 radical (unpaired) electrons. The largest absolute Gasteiger partial charge is 0.492 e. The normalized spacial score (nSPS) is 10.9. The van der Waals surface area contributed by atoms with E-state index in [0.29, 0.717) is 24.7 Å². The molecule has 2 aromatic rings. The topological polar surface area (TPSA) is 52.6 Å². The number of unbranched alkanes of at least 4 members (excludes halogenated alkanes) is 10. The molecule has 0 spiro atoms. The Hall–Kier alpha value is -2.58. The van der Waals surface area contributed by atoms with Gasteiger partial charge in [-0.15, -0.1) is 5.54 Å². The highest BCUT2D eigenvalue weighted by Gasteiger charge is 2.13. The van der Waals surface area contributed by atoms with Crippen LogP contribution in [0.5, 0.6) is 11.5 Å². The van der Waals surface area contributed by atoms with E-state index in [-0.39, 0.29) is 10.2 Å². The first-order valence-electron chi connectivity index (χ1n) is 17.9. The average Bonchev–Trinajstić information content (AvgIpc) is 3.04. The van der Waals surface area contributed by atoms with Crippen molar-refractivity contribution in [2.75, 3.05) is 13.2 Å². The molecule has 7 heteroatoms. The summed E-state index contributed by atoms with van der Waals surface area (Å²) in [6, 6.07) is 10.2. The Labute approximate surface area is 301 Å². The molecule has 0 heterocycles. The number of thioether (sulfide) groups is 2. The molecule has 0 aliphatic rings. The first-order chi connectivity index (χ1) is 23.0. The van der Waals surface area contributed by atoms with Gasteiger partial charge in [0, 0.05) is 43.0 Å². The smallest absolute Gasteiger partial charge is 0.186 e. The van der Waals surface area contributed by atoms with Gasteiger partial charge in [0.1, 0.15) is 19.6 Å². The van der Waals surface area contributed by atoms with Gasteiger partial charge in [-0.25, -0.2) is 0 Å². The first kappa shape index (κ1) is 41.6. The molecule has 0 fully saturated rings. The van der Waals surface area contributed by atoms with E-state index in [1.807, 2.05) is 24.3 Å². The third-order valence-electron chi connectivity index (χ3n) is 7.44. The van der Waals surface area contributed by atoms with Gasteiger partial charge in [0.15, 0.2) is 10.2 Å². The second-order valence-electron chi connectivity index (χ2n) is 13.4. The van der Waals surface area contributed by atoms with E-state index in [4.69, 9.17) is 9.47 Å². The highest BCUT2D eigenvalue weighted by molar-refractivity contribution is 8.13. The quantitative estimate of drug-likeness (QED) is 0.0776. The van der Waals surface area contributed by atoms with Crippen molar-refractivity contribution >= 4 is 41.8 Å². The van der Waals surface area contributed by atoms with E-state index >= 15 is 0 Å². The molecule has 2 rings (SSSR count). The Bertz CT molecular complexity index is 1390. The van der Waals surface area contributed by atoms with Gasteiger partial charge in [0.05, 0.1) is 24.3 Å². The number of carbonyl (C=O) groups excluding carboxylic acids is 2. The van der Waals surface area contributed by atoms with Crippen molar-refractivity contribution in [3.05, 3.63) is 58.1 Å². The fourth-order valence-electron chi connectivity index (χ4n) is 4.89. The Morgan fingerprint density at radius 1 is 0.604 bits per heavy atom. The molecule has 0 bridgehead atoms. The van der Waals surface area contributed by atoms with Gasteiger partial charge in [-0.1, -0.05) is 145 Å². The van der Waals surface area contributed by atoms with Crippen molar-refractivity contribution in [2.45, 2.75) is 136 Å². The molecule has 0 aliphatic heterocycles. The molecule has 0 saturated carbocycles. The summed E-state index contributed by atoms with van der Waals surface area (Å²) in [7, 11) is -1.63. The van der Waals surface area contributed by atoms with Crippen LogP contribution in [0.3, 0.4) is 0 Å². The number of rotatable bonds is 20. The van der Waals surface area contributed by atoms with Crippen molar-refractivity contribution in [3.8, 4) is 34.8 Å². The van der Waals surface area contributed by atoms with Crippen molar-refractivity contribution in [1.29, 1.82) is 0 Å². The maximum Gasteiger partial charge on any atom is 0.186 e. The molecule has 4 nitrogen and oxygen atoms in total. The number of carbonyl (C=O) groups is 2. The van der Waals surface area contributed by atoms with E-state index < -0.39 is 8.07 Å². The molecule has 262 valence electrons. The van der Waals surface area contributed by atoms with E-state index in [2.05, 4.69) is 62.9 Å². The van der Waals surface area contributed by atoms with Crippen LogP contribution < -0.4 is 9.47 Å². The Balaban J connectivity index is 2.48. The third-order valence-corrected chi connectivity index (χ3v) is 10.1. The van der Waals surface area contributed by atoms with Crippen LogP contribution in [0.2, 0.25) is 19.6 Å². The van der Waals surface area contributed by atoms with Crippen LogP contribution in [0.25, 0.3) is 0 Å². The number of hydrogen-bond donors (Lipinski definition) is 0. The van der Waals surface area contributed by atoms with E-state index in [0.717, 1.165) is 65.0 Å². The van der Waals surface area contributed by atoms with Crippen molar-refractivity contribution < 1.29 is 19.1 Å². The van der Waals surface area contributed by atoms with Gasteiger partial charge >= 0.3 is 0 Å². The lowest BCUT2D eigenvalue weighted by molar-refractivity contribution is -0.109. The van der Waals surface area contributed by atoms with Crippen molar-refractivity contribution in [1.82, 2.24) is 0 Å². The monoisotopic (exact) mass is 706 g/mol. The summed E-state index contributed by atoms with van der Waals surface area (Å²) < 4.78 is 12.8. The van der Waals surface area contributed by atoms with Gasteiger partial charge in [-0.2, -0.15) is 0 Å². The summed E-state index contributed by atoms with van der Waals surface area (Å²) in [5.74, 6) is 12.9. The number of benzene rings is 2. The summed E-state index contributed by atoms with van der Waals surface area (Å²) >= 11 is 2.55. The van der Waals surface area contributed by atoms with Crippen LogP contribution in [0.15, 0.2) is 30.3 Å². The third kappa shape index (κ3) is 18.8. The second-order valence-corrected chi connectivity index (χ2v) is 20.5. The molecule has 0 amide bonds. The lowest BCUT2D eigenvalue weighted by Crippen LogP contribution is -2.16. The lowest BCUT2D eigenvalue weighted by atomic mass is 10.1. The molecule has 0 aromatic heterocycles. The van der Waals surface area contributed by atoms with Crippen LogP contribution in [0.1, 0.15) is 133 Å². The van der Waals surface area contributed by atoms with Gasteiger partial charge in [-0.3, -0.25) is 9.59 Å². The molecule has 2 aromatic carbocycles. The zero-order valence-corrected chi connectivity index (χ0v) is 33.3. The first-order valence-corrected chi connectivity index (χ1v) is 23.4. The minimum Gasteiger partial charge on any atom is -0.492 e. The molecular weight excluding hydrogens is 649 g/mol. The summed E-state index contributed by atoms with van der Waals surface area (Å²) in [4.78, 5) is 23.4. The zero-order valence-electron chi connectivity index (χ0n) is 30.6. The fourth-order valence-corrected chi connectivity index (χ4v) is 6.47. The fraction of sp³-hybridized carbons (Fsp3) is 0.561. The molecule has 0 N–H and O–H groups in total. The minimum absolute atomic E-state index is 0.0732. The molecule has 0 aliphatic carbocycles. The molecule has 0 atom stereocenters. The molecule has 0 saturated heterocycles. The number of ether oxygens (including phenoxy) is 2. The van der Waals surface area contributed by atoms with Gasteiger partial charge in [-0.05, 0) is 36.1 Å². The van der Waals surface area contributed by atoms with Crippen LogP contribution in [-0.2, 0) is 21.1 Å². The Kier molecular flexibility index (Phi) is 20.5. The summed E-state index contributed by atoms with van der Waals surface area (Å²) in [6.45, 7) is 15.7. The standard InChI is InChI=1S/C41H58O4S2Si/c1-8-10-12-14-16-18-23-44-40-30-39(22-25-48(5,6)7)41(45-24-19-17-15-13-11-9-2)29-38(40)21-20-35-26-36(31-46-33(3)42)28-37(27-35)32-47-34(4)43/h26-30H,8-19,23-24,31-32H2,1-7H3. The van der Waals surface area contributed by atoms with Crippen molar-refractivity contribution in [2.24, 2.45) is 0 Å². The predicted molar refractivity (Wildman–Crippen MR) is 211 cm³/mol. The molecule has 0 unspecified atom stereocenters.